The molecule has 0 amide bonds. The number of carbonyl (C=O) groups is 1. The molecule has 0 saturated carbocycles. The van der Waals surface area contributed by atoms with Crippen LogP contribution in [0.4, 0.5) is 5.69 Å². The van der Waals surface area contributed by atoms with E-state index < -0.39 is 5.97 Å². The molecule has 4 nitrogen and oxygen atoms in total. The van der Waals surface area contributed by atoms with Gasteiger partial charge in [-0.1, -0.05) is 13.8 Å². The van der Waals surface area contributed by atoms with Crippen LogP contribution >= 0.6 is 0 Å². The maximum Gasteiger partial charge on any atom is 0.356 e. The number of pyridine rings is 1. The molecule has 0 radical (unpaired) electrons. The van der Waals surface area contributed by atoms with Gasteiger partial charge in [-0.2, -0.15) is 0 Å². The number of nitrogen functional groups attached to an aromatic ring is 1. The lowest BCUT2D eigenvalue weighted by Gasteiger charge is -2.11. The second-order valence-electron chi connectivity index (χ2n) is 3.56. The lowest BCUT2D eigenvalue weighted by atomic mass is 10.0. The van der Waals surface area contributed by atoms with Crippen LogP contribution in [-0.4, -0.2) is 16.1 Å². The highest BCUT2D eigenvalue weighted by atomic mass is 16.4. The number of carboxylic acids is 1. The molecule has 76 valence electrons. The van der Waals surface area contributed by atoms with Crippen LogP contribution in [0.3, 0.4) is 0 Å². The van der Waals surface area contributed by atoms with Crippen molar-refractivity contribution in [1.29, 1.82) is 0 Å². The van der Waals surface area contributed by atoms with Gasteiger partial charge in [0.05, 0.1) is 5.69 Å². The Morgan fingerprint density at radius 3 is 2.57 bits per heavy atom. The van der Waals surface area contributed by atoms with Gasteiger partial charge in [0, 0.05) is 5.69 Å². The number of anilines is 1. The van der Waals surface area contributed by atoms with E-state index in [2.05, 4.69) is 4.98 Å². The molecular weight excluding hydrogens is 180 g/mol. The molecule has 1 aromatic heterocycles. The van der Waals surface area contributed by atoms with Gasteiger partial charge in [-0.05, 0) is 24.5 Å². The van der Waals surface area contributed by atoms with Crippen LogP contribution < -0.4 is 5.73 Å². The van der Waals surface area contributed by atoms with Gasteiger partial charge in [-0.3, -0.25) is 0 Å². The molecule has 4 heteroatoms. The van der Waals surface area contributed by atoms with Crippen LogP contribution in [0.25, 0.3) is 0 Å². The van der Waals surface area contributed by atoms with Crippen LogP contribution in [0.2, 0.25) is 0 Å². The maximum absolute atomic E-state index is 10.7. The molecule has 0 aliphatic carbocycles. The SMILES string of the molecule is Cc1nc(C(=O)O)c(N)cc1C(C)C. The van der Waals surface area contributed by atoms with E-state index in [1.54, 1.807) is 13.0 Å². The monoisotopic (exact) mass is 194 g/mol. The summed E-state index contributed by atoms with van der Waals surface area (Å²) in [4.78, 5) is 14.7. The third-order valence-corrected chi connectivity index (χ3v) is 2.11. The second-order valence-corrected chi connectivity index (χ2v) is 3.56. The Labute approximate surface area is 82.8 Å². The lowest BCUT2D eigenvalue weighted by Crippen LogP contribution is -2.09. The summed E-state index contributed by atoms with van der Waals surface area (Å²) in [6, 6.07) is 1.69. The van der Waals surface area contributed by atoms with Crippen LogP contribution in [-0.2, 0) is 0 Å². The molecular formula is C10H14N2O2. The zero-order chi connectivity index (χ0) is 10.9. The number of hydrogen-bond acceptors (Lipinski definition) is 3. The highest BCUT2D eigenvalue weighted by Crippen LogP contribution is 2.22. The number of aryl methyl sites for hydroxylation is 1. The number of rotatable bonds is 2. The van der Waals surface area contributed by atoms with Gasteiger partial charge in [-0.15, -0.1) is 0 Å². The van der Waals surface area contributed by atoms with Crippen LogP contribution in [0.1, 0.15) is 41.5 Å². The van der Waals surface area contributed by atoms with Gasteiger partial charge in [0.15, 0.2) is 5.69 Å². The van der Waals surface area contributed by atoms with E-state index in [1.807, 2.05) is 13.8 Å². The normalized spacial score (nSPS) is 10.6. The van der Waals surface area contributed by atoms with E-state index in [9.17, 15) is 4.79 Å². The van der Waals surface area contributed by atoms with Crippen molar-refractivity contribution in [1.82, 2.24) is 4.98 Å². The zero-order valence-corrected chi connectivity index (χ0v) is 8.53. The minimum absolute atomic E-state index is 0.0631. The number of nitrogens with zero attached hydrogens (tertiary/aromatic N) is 1. The molecule has 0 aliphatic rings. The molecule has 14 heavy (non-hydrogen) atoms. The third-order valence-electron chi connectivity index (χ3n) is 2.11. The Hall–Kier alpha value is -1.58. The Bertz CT molecular complexity index is 373. The predicted octanol–water partition coefficient (Wildman–Crippen LogP) is 1.79. The van der Waals surface area contributed by atoms with Crippen molar-refractivity contribution in [2.24, 2.45) is 0 Å². The van der Waals surface area contributed by atoms with Crippen LogP contribution in [0.5, 0.6) is 0 Å². The number of aromatic nitrogens is 1. The minimum Gasteiger partial charge on any atom is -0.476 e. The number of nitrogens with two attached hydrogens (primary N) is 1. The van der Waals surface area contributed by atoms with Crippen molar-refractivity contribution in [2.75, 3.05) is 5.73 Å². The fourth-order valence-electron chi connectivity index (χ4n) is 1.39. The molecule has 3 N–H and O–H groups in total. The molecule has 1 aromatic rings. The summed E-state index contributed by atoms with van der Waals surface area (Å²) in [7, 11) is 0. The average Bonchev–Trinajstić information content (AvgIpc) is 2.07. The Kier molecular flexibility index (Phi) is 2.74. The first-order chi connectivity index (χ1) is 6.43. The van der Waals surface area contributed by atoms with E-state index in [0.29, 0.717) is 5.92 Å². The molecule has 0 aromatic carbocycles. The van der Waals surface area contributed by atoms with Gasteiger partial charge < -0.3 is 10.8 Å². The largest absolute Gasteiger partial charge is 0.476 e. The van der Waals surface area contributed by atoms with Gasteiger partial charge >= 0.3 is 5.97 Å². The summed E-state index contributed by atoms with van der Waals surface area (Å²) < 4.78 is 0. The topological polar surface area (TPSA) is 76.2 Å². The van der Waals surface area contributed by atoms with Crippen molar-refractivity contribution in [3.05, 3.63) is 23.0 Å². The Balaban J connectivity index is 3.31. The highest BCUT2D eigenvalue weighted by molar-refractivity contribution is 5.91. The van der Waals surface area contributed by atoms with Gasteiger partial charge in [0.2, 0.25) is 0 Å². The highest BCUT2D eigenvalue weighted by Gasteiger charge is 2.14. The average molecular weight is 194 g/mol. The van der Waals surface area contributed by atoms with Crippen LogP contribution in [0, 0.1) is 6.92 Å². The van der Waals surface area contributed by atoms with Crippen molar-refractivity contribution in [2.45, 2.75) is 26.7 Å². The summed E-state index contributed by atoms with van der Waals surface area (Å²) in [5.41, 5.74) is 7.47. The van der Waals surface area contributed by atoms with E-state index >= 15 is 0 Å². The summed E-state index contributed by atoms with van der Waals surface area (Å²) in [6.07, 6.45) is 0. The van der Waals surface area contributed by atoms with Crippen molar-refractivity contribution >= 4 is 11.7 Å². The van der Waals surface area contributed by atoms with Gasteiger partial charge in [-0.25, -0.2) is 9.78 Å². The fourth-order valence-corrected chi connectivity index (χ4v) is 1.39. The third kappa shape index (κ3) is 1.84. The summed E-state index contributed by atoms with van der Waals surface area (Å²) in [5, 5.41) is 8.78. The molecule has 0 unspecified atom stereocenters. The first kappa shape index (κ1) is 10.5. The maximum atomic E-state index is 10.7. The van der Waals surface area contributed by atoms with E-state index in [0.717, 1.165) is 11.3 Å². The summed E-state index contributed by atoms with van der Waals surface area (Å²) in [5.74, 6) is -0.784. The minimum atomic E-state index is -1.08. The van der Waals surface area contributed by atoms with Crippen molar-refractivity contribution in [3.63, 3.8) is 0 Å². The molecule has 1 rings (SSSR count). The Morgan fingerprint density at radius 2 is 2.14 bits per heavy atom. The van der Waals surface area contributed by atoms with Gasteiger partial charge in [0.1, 0.15) is 0 Å². The van der Waals surface area contributed by atoms with E-state index in [-0.39, 0.29) is 11.4 Å². The molecule has 0 atom stereocenters. The molecule has 0 aliphatic heterocycles. The standard InChI is InChI=1S/C10H14N2O2/c1-5(2)7-4-8(11)9(10(13)14)12-6(7)3/h4-5H,11H2,1-3H3,(H,13,14). The Morgan fingerprint density at radius 1 is 1.57 bits per heavy atom. The fraction of sp³-hybridized carbons (Fsp3) is 0.400. The zero-order valence-electron chi connectivity index (χ0n) is 8.53. The molecule has 0 spiro atoms. The van der Waals surface area contributed by atoms with E-state index in [1.165, 1.54) is 0 Å². The molecule has 1 heterocycles. The van der Waals surface area contributed by atoms with Crippen LogP contribution in [0.15, 0.2) is 6.07 Å². The second kappa shape index (κ2) is 3.65. The molecule has 0 saturated heterocycles. The first-order valence-corrected chi connectivity index (χ1v) is 4.43. The first-order valence-electron chi connectivity index (χ1n) is 4.43. The molecule has 0 bridgehead atoms. The number of hydrogen-bond donors (Lipinski definition) is 2. The summed E-state index contributed by atoms with van der Waals surface area (Å²) >= 11 is 0. The summed E-state index contributed by atoms with van der Waals surface area (Å²) in [6.45, 7) is 5.83. The van der Waals surface area contributed by atoms with Crippen molar-refractivity contribution in [3.8, 4) is 0 Å². The number of carboxylic acid groups (broad SMARTS) is 1. The van der Waals surface area contributed by atoms with Gasteiger partial charge in [0.25, 0.3) is 0 Å². The predicted molar refractivity (Wildman–Crippen MR) is 54.4 cm³/mol. The van der Waals surface area contributed by atoms with Crippen molar-refractivity contribution < 1.29 is 9.90 Å². The van der Waals surface area contributed by atoms with E-state index in [4.69, 9.17) is 10.8 Å². The molecule has 0 fully saturated rings. The number of aromatic carboxylic acids is 1. The quantitative estimate of drug-likeness (QED) is 0.752. The smallest absolute Gasteiger partial charge is 0.356 e. The lowest BCUT2D eigenvalue weighted by molar-refractivity contribution is 0.0691.